The highest BCUT2D eigenvalue weighted by Gasteiger charge is 2.23. The molecule has 0 atom stereocenters. The van der Waals surface area contributed by atoms with Gasteiger partial charge in [-0.3, -0.25) is 4.72 Å². The first-order valence-electron chi connectivity index (χ1n) is 11.3. The summed E-state index contributed by atoms with van der Waals surface area (Å²) < 4.78 is 47.1. The van der Waals surface area contributed by atoms with Crippen LogP contribution >= 0.6 is 12.4 Å². The average Bonchev–Trinajstić information content (AvgIpc) is 3.15. The van der Waals surface area contributed by atoms with Crippen LogP contribution in [0, 0.1) is 0 Å². The van der Waals surface area contributed by atoms with Crippen LogP contribution in [0.5, 0.6) is 11.8 Å². The zero-order valence-corrected chi connectivity index (χ0v) is 22.0. The van der Waals surface area contributed by atoms with Gasteiger partial charge in [-0.15, -0.1) is 12.4 Å². The van der Waals surface area contributed by atoms with Crippen LogP contribution in [0.2, 0.25) is 0 Å². The van der Waals surface area contributed by atoms with Crippen molar-refractivity contribution in [2.75, 3.05) is 45.2 Å². The van der Waals surface area contributed by atoms with E-state index in [9.17, 15) is 8.42 Å². The number of fused-ring (bicyclic) bond motifs is 3. The fourth-order valence-electron chi connectivity index (χ4n) is 4.54. The highest BCUT2D eigenvalue weighted by Crippen LogP contribution is 2.34. The van der Waals surface area contributed by atoms with Crippen LogP contribution in [0.15, 0.2) is 53.1 Å². The van der Waals surface area contributed by atoms with Gasteiger partial charge in [-0.25, -0.2) is 8.42 Å². The van der Waals surface area contributed by atoms with Gasteiger partial charge in [0.1, 0.15) is 5.69 Å². The molecule has 1 N–H and O–H groups in total. The lowest BCUT2D eigenvalue weighted by Crippen LogP contribution is -2.32. The quantitative estimate of drug-likeness (QED) is 0.518. The fourth-order valence-corrected chi connectivity index (χ4v) is 5.62. The third-order valence-electron chi connectivity index (χ3n) is 6.35. The molecular weight excluding hydrogens is 504 g/mol. The predicted molar refractivity (Wildman–Crippen MR) is 142 cm³/mol. The molecule has 1 aromatic carbocycles. The van der Waals surface area contributed by atoms with Crippen molar-refractivity contribution < 1.29 is 22.6 Å². The Kier molecular flexibility index (Phi) is 7.49. The Morgan fingerprint density at radius 3 is 2.58 bits per heavy atom. The molecular formula is C25H29ClN4O5S. The second kappa shape index (κ2) is 10.4. The summed E-state index contributed by atoms with van der Waals surface area (Å²) >= 11 is 0. The monoisotopic (exact) mass is 532 g/mol. The van der Waals surface area contributed by atoms with Gasteiger partial charge in [0.05, 0.1) is 32.3 Å². The second-order valence-electron chi connectivity index (χ2n) is 8.48. The highest BCUT2D eigenvalue weighted by atomic mass is 35.5. The number of aryl methyl sites for hydroxylation is 1. The van der Waals surface area contributed by atoms with Gasteiger partial charge in [0.2, 0.25) is 11.8 Å². The number of nitrogens with one attached hydrogen (secondary N) is 1. The van der Waals surface area contributed by atoms with Gasteiger partial charge in [0.15, 0.2) is 0 Å². The molecule has 0 bridgehead atoms. The smallest absolute Gasteiger partial charge is 0.262 e. The van der Waals surface area contributed by atoms with Crippen LogP contribution in [0.3, 0.4) is 0 Å². The summed E-state index contributed by atoms with van der Waals surface area (Å²) in [5, 5.41) is 0.919. The topological polar surface area (TPSA) is 94.9 Å². The Balaban J connectivity index is 0.00000304. The summed E-state index contributed by atoms with van der Waals surface area (Å²) in [7, 11) is 1.03. The molecule has 0 spiro atoms. The van der Waals surface area contributed by atoms with Gasteiger partial charge in [-0.05, 0) is 41.5 Å². The summed E-state index contributed by atoms with van der Waals surface area (Å²) in [6.07, 6.45) is 7.16. The number of anilines is 1. The van der Waals surface area contributed by atoms with Gasteiger partial charge in [0.25, 0.3) is 10.0 Å². The molecule has 1 aliphatic carbocycles. The van der Waals surface area contributed by atoms with Gasteiger partial charge in [0, 0.05) is 55.4 Å². The summed E-state index contributed by atoms with van der Waals surface area (Å²) in [4.78, 5) is 6.60. The first kappa shape index (κ1) is 25.9. The van der Waals surface area contributed by atoms with Crippen molar-refractivity contribution in [3.8, 4) is 11.8 Å². The van der Waals surface area contributed by atoms with Gasteiger partial charge in [-0.1, -0.05) is 6.08 Å². The number of sulfonamides is 1. The average molecular weight is 533 g/mol. The number of ether oxygens (including phenoxy) is 3. The molecule has 2 aromatic heterocycles. The number of pyridine rings is 1. The summed E-state index contributed by atoms with van der Waals surface area (Å²) in [5.74, 6) is 0.463. The Bertz CT molecular complexity index is 1440. The molecule has 192 valence electrons. The maximum atomic E-state index is 13.3. The molecule has 5 rings (SSSR count). The largest absolute Gasteiger partial charge is 0.481 e. The van der Waals surface area contributed by atoms with E-state index in [-0.39, 0.29) is 28.9 Å². The van der Waals surface area contributed by atoms with Crippen molar-refractivity contribution in [3.63, 3.8) is 0 Å². The van der Waals surface area contributed by atoms with Gasteiger partial charge < -0.3 is 23.7 Å². The van der Waals surface area contributed by atoms with Crippen LogP contribution in [0.4, 0.5) is 5.69 Å². The zero-order chi connectivity index (χ0) is 24.6. The maximum absolute atomic E-state index is 13.3. The van der Waals surface area contributed by atoms with Crippen molar-refractivity contribution in [1.29, 1.82) is 0 Å². The Morgan fingerprint density at radius 2 is 1.86 bits per heavy atom. The molecule has 9 nitrogen and oxygen atoms in total. The van der Waals surface area contributed by atoms with E-state index in [4.69, 9.17) is 14.2 Å². The molecule has 1 fully saturated rings. The third-order valence-corrected chi connectivity index (χ3v) is 7.71. The minimum atomic E-state index is -3.89. The number of aromatic nitrogens is 2. The van der Waals surface area contributed by atoms with Crippen molar-refractivity contribution in [1.82, 2.24) is 14.5 Å². The Morgan fingerprint density at radius 1 is 1.08 bits per heavy atom. The standard InChI is InChI=1S/C25H28N4O5S.ClH/c1-28-22-7-4-17(16-29-10-12-34-13-11-29)14-19(22)20-15-18(5-8-23(20)28)35(30,31)27-21-6-9-24(32-2)26-25(21)33-3;/h4-9,15-16,27H,10-14H2,1-3H3;1H. The van der Waals surface area contributed by atoms with E-state index in [2.05, 4.69) is 37.5 Å². The lowest BCUT2D eigenvalue weighted by Gasteiger charge is -2.26. The number of nitrogens with zero attached hydrogens (tertiary/aromatic N) is 3. The number of halogens is 1. The molecule has 3 heterocycles. The molecule has 0 amide bonds. The molecule has 1 aliphatic heterocycles. The molecule has 0 radical (unpaired) electrons. The predicted octanol–water partition coefficient (Wildman–Crippen LogP) is 3.60. The van der Waals surface area contributed by atoms with Crippen molar-refractivity contribution in [2.24, 2.45) is 7.05 Å². The van der Waals surface area contributed by atoms with E-state index in [1.54, 1.807) is 24.3 Å². The maximum Gasteiger partial charge on any atom is 0.262 e. The Labute approximate surface area is 216 Å². The van der Waals surface area contributed by atoms with E-state index in [1.165, 1.54) is 19.8 Å². The number of allylic oxidation sites excluding steroid dienone is 2. The molecule has 2 aliphatic rings. The second-order valence-corrected chi connectivity index (χ2v) is 10.2. The minimum absolute atomic E-state index is 0. The van der Waals surface area contributed by atoms with Crippen LogP contribution < -0.4 is 14.2 Å². The minimum Gasteiger partial charge on any atom is -0.481 e. The fraction of sp³-hybridized carbons (Fsp3) is 0.320. The molecule has 3 aromatic rings. The van der Waals surface area contributed by atoms with E-state index < -0.39 is 10.0 Å². The first-order chi connectivity index (χ1) is 16.9. The zero-order valence-electron chi connectivity index (χ0n) is 20.4. The van der Waals surface area contributed by atoms with E-state index in [0.717, 1.165) is 54.9 Å². The van der Waals surface area contributed by atoms with Crippen LogP contribution in [-0.2, 0) is 28.2 Å². The summed E-state index contributed by atoms with van der Waals surface area (Å²) in [6, 6.07) is 8.36. The molecule has 11 heteroatoms. The van der Waals surface area contributed by atoms with Gasteiger partial charge in [-0.2, -0.15) is 4.98 Å². The van der Waals surface area contributed by atoms with E-state index in [1.807, 2.05) is 13.1 Å². The SMILES string of the molecule is COc1ccc(NS(=O)(=O)c2ccc3c(c2)c2c(n3C)C=CC(=CN3CCOCC3)C2)c(OC)n1.Cl. The molecule has 0 unspecified atom stereocenters. The van der Waals surface area contributed by atoms with Crippen LogP contribution in [0.1, 0.15) is 11.3 Å². The number of hydrogen-bond acceptors (Lipinski definition) is 7. The van der Waals surface area contributed by atoms with Crippen molar-refractivity contribution >= 4 is 45.1 Å². The van der Waals surface area contributed by atoms with Gasteiger partial charge >= 0.3 is 0 Å². The number of hydrogen-bond donors (Lipinski definition) is 1. The summed E-state index contributed by atoms with van der Waals surface area (Å²) in [5.41, 5.74) is 4.61. The molecule has 0 saturated carbocycles. The number of rotatable bonds is 6. The van der Waals surface area contributed by atoms with E-state index in [0.29, 0.717) is 5.88 Å². The van der Waals surface area contributed by atoms with Crippen molar-refractivity contribution in [2.45, 2.75) is 11.3 Å². The normalized spacial score (nSPS) is 16.5. The number of morpholine rings is 1. The third kappa shape index (κ3) is 4.88. The van der Waals surface area contributed by atoms with Crippen molar-refractivity contribution in [3.05, 3.63) is 59.4 Å². The lowest BCUT2D eigenvalue weighted by atomic mass is 9.97. The molecule has 36 heavy (non-hydrogen) atoms. The Hall–Kier alpha value is -3.21. The number of methoxy groups -OCH3 is 2. The number of benzene rings is 1. The highest BCUT2D eigenvalue weighted by molar-refractivity contribution is 7.92. The molecule has 1 saturated heterocycles. The lowest BCUT2D eigenvalue weighted by molar-refractivity contribution is 0.0591. The van der Waals surface area contributed by atoms with Crippen LogP contribution in [0.25, 0.3) is 17.0 Å². The van der Waals surface area contributed by atoms with Crippen LogP contribution in [-0.4, -0.2) is 63.4 Å². The summed E-state index contributed by atoms with van der Waals surface area (Å²) in [6.45, 7) is 3.21. The first-order valence-corrected chi connectivity index (χ1v) is 12.8. The van der Waals surface area contributed by atoms with E-state index >= 15 is 0 Å².